The van der Waals surface area contributed by atoms with Crippen LogP contribution in [0.4, 0.5) is 0 Å². The number of amides is 1. The highest BCUT2D eigenvalue weighted by molar-refractivity contribution is 5.81. The highest BCUT2D eigenvalue weighted by atomic mass is 16.5. The van der Waals surface area contributed by atoms with E-state index in [1.54, 1.807) is 13.1 Å². The minimum atomic E-state index is -0.484. The number of para-hydroxylation sites is 1. The third kappa shape index (κ3) is 3.04. The van der Waals surface area contributed by atoms with E-state index >= 15 is 0 Å². The molecule has 6 nitrogen and oxygen atoms in total. The number of hydrogen-bond donors (Lipinski definition) is 0. The van der Waals surface area contributed by atoms with Gasteiger partial charge in [-0.3, -0.25) is 4.79 Å². The Bertz CT molecular complexity index is 585. The largest absolute Gasteiger partial charge is 0.481 e. The minimum absolute atomic E-state index is 0.0152. The summed E-state index contributed by atoms with van der Waals surface area (Å²) < 4.78 is 7.50. The van der Waals surface area contributed by atoms with Gasteiger partial charge in [-0.25, -0.2) is 4.68 Å². The van der Waals surface area contributed by atoms with Gasteiger partial charge in [0.05, 0.1) is 12.2 Å². The fraction of sp³-hybridized carbons (Fsp3) is 0.400. The van der Waals surface area contributed by atoms with E-state index in [1.807, 2.05) is 46.1 Å². The summed E-state index contributed by atoms with van der Waals surface area (Å²) in [5.41, 5.74) is 0. The zero-order valence-electron chi connectivity index (χ0n) is 11.9. The Morgan fingerprint density at radius 3 is 2.90 bits per heavy atom. The van der Waals surface area contributed by atoms with E-state index in [0.29, 0.717) is 12.3 Å². The normalized spacial score (nSPS) is 19.5. The fourth-order valence-electron chi connectivity index (χ4n) is 2.58. The Labute approximate surface area is 123 Å². The van der Waals surface area contributed by atoms with Gasteiger partial charge in [0.2, 0.25) is 0 Å². The maximum absolute atomic E-state index is 12.4. The number of rotatable bonds is 4. The molecule has 1 aliphatic rings. The molecular formula is C15H18N4O2. The summed E-state index contributed by atoms with van der Waals surface area (Å²) in [5.74, 6) is 0.729. The number of likely N-dealkylation sites (tertiary alicyclic amines) is 1. The van der Waals surface area contributed by atoms with Crippen molar-refractivity contribution in [3.8, 4) is 5.75 Å². The average Bonchev–Trinajstić information content (AvgIpc) is 3.18. The molecule has 2 aromatic rings. The molecule has 1 saturated heterocycles. The van der Waals surface area contributed by atoms with E-state index in [2.05, 4.69) is 10.3 Å². The second kappa shape index (κ2) is 5.95. The molecule has 0 aliphatic carbocycles. The van der Waals surface area contributed by atoms with E-state index in [4.69, 9.17) is 4.74 Å². The lowest BCUT2D eigenvalue weighted by molar-refractivity contribution is -0.136. The molecule has 6 heteroatoms. The highest BCUT2D eigenvalue weighted by Crippen LogP contribution is 2.22. The molecule has 21 heavy (non-hydrogen) atoms. The molecule has 1 aromatic heterocycles. The lowest BCUT2D eigenvalue weighted by Gasteiger charge is -2.21. The van der Waals surface area contributed by atoms with E-state index in [0.717, 1.165) is 13.0 Å². The summed E-state index contributed by atoms with van der Waals surface area (Å²) in [6, 6.07) is 9.62. The molecule has 2 unspecified atom stereocenters. The number of ether oxygens (including phenoxy) is 1. The van der Waals surface area contributed by atoms with Crippen LogP contribution in [0.15, 0.2) is 42.7 Å². The zero-order chi connectivity index (χ0) is 14.7. The molecule has 2 heterocycles. The van der Waals surface area contributed by atoms with Gasteiger partial charge in [0.25, 0.3) is 5.91 Å². The highest BCUT2D eigenvalue weighted by Gasteiger charge is 2.31. The van der Waals surface area contributed by atoms with Crippen LogP contribution in [0.5, 0.6) is 5.75 Å². The van der Waals surface area contributed by atoms with Crippen molar-refractivity contribution in [2.45, 2.75) is 25.5 Å². The van der Waals surface area contributed by atoms with Crippen LogP contribution >= 0.6 is 0 Å². The van der Waals surface area contributed by atoms with Gasteiger partial charge in [0, 0.05) is 19.3 Å². The van der Waals surface area contributed by atoms with Gasteiger partial charge < -0.3 is 9.64 Å². The first kappa shape index (κ1) is 13.6. The van der Waals surface area contributed by atoms with Crippen molar-refractivity contribution < 1.29 is 9.53 Å². The third-order valence-corrected chi connectivity index (χ3v) is 3.69. The molecule has 0 bridgehead atoms. The van der Waals surface area contributed by atoms with Gasteiger partial charge in [-0.2, -0.15) is 0 Å². The Morgan fingerprint density at radius 1 is 1.38 bits per heavy atom. The Hall–Kier alpha value is -2.37. The van der Waals surface area contributed by atoms with Gasteiger partial charge in [-0.15, -0.1) is 5.10 Å². The van der Waals surface area contributed by atoms with Crippen molar-refractivity contribution >= 4 is 5.91 Å². The van der Waals surface area contributed by atoms with E-state index in [1.165, 1.54) is 0 Å². The molecular weight excluding hydrogens is 268 g/mol. The summed E-state index contributed by atoms with van der Waals surface area (Å²) in [7, 11) is 0. The molecule has 1 aliphatic heterocycles. The quantitative estimate of drug-likeness (QED) is 0.855. The molecule has 1 fully saturated rings. The molecule has 3 rings (SSSR count). The molecule has 1 aromatic carbocycles. The first-order valence-electron chi connectivity index (χ1n) is 7.10. The van der Waals surface area contributed by atoms with Gasteiger partial charge >= 0.3 is 0 Å². The zero-order valence-corrected chi connectivity index (χ0v) is 11.9. The van der Waals surface area contributed by atoms with Gasteiger partial charge in [0.1, 0.15) is 5.75 Å². The Kier molecular flexibility index (Phi) is 3.85. The van der Waals surface area contributed by atoms with Crippen LogP contribution in [0.3, 0.4) is 0 Å². The van der Waals surface area contributed by atoms with Gasteiger partial charge in [0.15, 0.2) is 6.10 Å². The molecule has 0 N–H and O–H groups in total. The predicted octanol–water partition coefficient (Wildman–Crippen LogP) is 1.52. The van der Waals surface area contributed by atoms with E-state index < -0.39 is 6.10 Å². The second-order valence-corrected chi connectivity index (χ2v) is 5.18. The number of nitrogens with zero attached hydrogens (tertiary/aromatic N) is 4. The summed E-state index contributed by atoms with van der Waals surface area (Å²) in [6.07, 6.45) is 3.91. The van der Waals surface area contributed by atoms with Crippen LogP contribution in [0.1, 0.15) is 19.4 Å². The van der Waals surface area contributed by atoms with Gasteiger partial charge in [-0.05, 0) is 25.5 Å². The monoisotopic (exact) mass is 286 g/mol. The average molecular weight is 286 g/mol. The number of aromatic nitrogens is 3. The maximum Gasteiger partial charge on any atom is 0.263 e. The van der Waals surface area contributed by atoms with Crippen LogP contribution < -0.4 is 4.74 Å². The maximum atomic E-state index is 12.4. The Morgan fingerprint density at radius 2 is 2.19 bits per heavy atom. The van der Waals surface area contributed by atoms with Crippen molar-refractivity contribution in [3.63, 3.8) is 0 Å². The summed E-state index contributed by atoms with van der Waals surface area (Å²) in [4.78, 5) is 14.3. The number of carbonyl (C=O) groups is 1. The van der Waals surface area contributed by atoms with Gasteiger partial charge in [-0.1, -0.05) is 23.4 Å². The molecule has 0 saturated carbocycles. The molecule has 1 amide bonds. The van der Waals surface area contributed by atoms with Crippen LogP contribution in [0.2, 0.25) is 0 Å². The SMILES string of the molecule is CC(Oc1ccccc1)C(=O)N1CCC(n2ccnn2)C1. The lowest BCUT2D eigenvalue weighted by Crippen LogP contribution is -2.39. The molecule has 110 valence electrons. The summed E-state index contributed by atoms with van der Waals surface area (Å²) in [5, 5.41) is 7.81. The van der Waals surface area contributed by atoms with Crippen molar-refractivity contribution in [2.24, 2.45) is 0 Å². The molecule has 2 atom stereocenters. The van der Waals surface area contributed by atoms with Crippen molar-refractivity contribution in [1.29, 1.82) is 0 Å². The minimum Gasteiger partial charge on any atom is -0.481 e. The van der Waals surface area contributed by atoms with Crippen LogP contribution in [-0.2, 0) is 4.79 Å². The molecule has 0 radical (unpaired) electrons. The fourth-order valence-corrected chi connectivity index (χ4v) is 2.58. The number of hydrogen-bond acceptors (Lipinski definition) is 4. The first-order valence-corrected chi connectivity index (χ1v) is 7.10. The smallest absolute Gasteiger partial charge is 0.263 e. The lowest BCUT2D eigenvalue weighted by atomic mass is 10.3. The Balaban J connectivity index is 1.58. The third-order valence-electron chi connectivity index (χ3n) is 3.69. The first-order chi connectivity index (χ1) is 10.2. The standard InChI is InChI=1S/C15H18N4O2/c1-12(21-14-5-3-2-4-6-14)15(20)18-9-7-13(11-18)19-10-8-16-17-19/h2-6,8,10,12-13H,7,9,11H2,1H3. The second-order valence-electron chi connectivity index (χ2n) is 5.18. The van der Waals surface area contributed by atoms with Crippen LogP contribution in [-0.4, -0.2) is 45.0 Å². The van der Waals surface area contributed by atoms with Crippen molar-refractivity contribution in [2.75, 3.05) is 13.1 Å². The number of carbonyl (C=O) groups excluding carboxylic acids is 1. The van der Waals surface area contributed by atoms with E-state index in [9.17, 15) is 4.79 Å². The van der Waals surface area contributed by atoms with Crippen molar-refractivity contribution in [1.82, 2.24) is 19.9 Å². The molecule has 0 spiro atoms. The predicted molar refractivity (Wildman–Crippen MR) is 76.8 cm³/mol. The summed E-state index contributed by atoms with van der Waals surface area (Å²) in [6.45, 7) is 3.18. The van der Waals surface area contributed by atoms with E-state index in [-0.39, 0.29) is 11.9 Å². The van der Waals surface area contributed by atoms with Crippen LogP contribution in [0, 0.1) is 0 Å². The van der Waals surface area contributed by atoms with Crippen LogP contribution in [0.25, 0.3) is 0 Å². The topological polar surface area (TPSA) is 60.2 Å². The van der Waals surface area contributed by atoms with Crippen molar-refractivity contribution in [3.05, 3.63) is 42.7 Å². The summed E-state index contributed by atoms with van der Waals surface area (Å²) >= 11 is 0. The number of benzene rings is 1.